The molecule has 0 unspecified atom stereocenters. The van der Waals surface area contributed by atoms with Crippen LogP contribution in [0.2, 0.25) is 0 Å². The number of hydrogen-bond donors (Lipinski definition) is 1. The summed E-state index contributed by atoms with van der Waals surface area (Å²) in [4.78, 5) is 2.47. The van der Waals surface area contributed by atoms with E-state index in [1.165, 1.54) is 11.1 Å². The number of benzene rings is 1. The first-order valence-corrected chi connectivity index (χ1v) is 7.75. The molecule has 1 aromatic carbocycles. The number of nitrogens with one attached hydrogen (secondary N) is 1. The highest BCUT2D eigenvalue weighted by molar-refractivity contribution is 5.36. The van der Waals surface area contributed by atoms with Crippen molar-refractivity contribution in [2.24, 2.45) is 0 Å². The molecule has 0 aliphatic carbocycles. The summed E-state index contributed by atoms with van der Waals surface area (Å²) < 4.78 is 5.90. The van der Waals surface area contributed by atoms with Gasteiger partial charge in [0.25, 0.3) is 0 Å². The van der Waals surface area contributed by atoms with Crippen molar-refractivity contribution >= 4 is 0 Å². The summed E-state index contributed by atoms with van der Waals surface area (Å²) in [6, 6.07) is 7.05. The van der Waals surface area contributed by atoms with Crippen molar-refractivity contribution in [1.82, 2.24) is 10.2 Å². The molecule has 0 bridgehead atoms. The Bertz CT molecular complexity index is 431. The number of aryl methyl sites for hydroxylation is 1. The van der Waals surface area contributed by atoms with Crippen molar-refractivity contribution in [3.05, 3.63) is 29.3 Å². The Kier molecular flexibility index (Phi) is 5.44. The smallest absolute Gasteiger partial charge is 0.119 e. The van der Waals surface area contributed by atoms with E-state index in [9.17, 15) is 0 Å². The minimum absolute atomic E-state index is 0.575. The molecule has 0 saturated carbocycles. The molecule has 1 aliphatic heterocycles. The van der Waals surface area contributed by atoms with Crippen LogP contribution in [-0.4, -0.2) is 43.7 Å². The molecule has 20 heavy (non-hydrogen) atoms. The average Bonchev–Trinajstić information content (AvgIpc) is 2.38. The van der Waals surface area contributed by atoms with Crippen LogP contribution in [0, 0.1) is 6.92 Å². The molecule has 1 N–H and O–H groups in total. The van der Waals surface area contributed by atoms with Crippen LogP contribution < -0.4 is 10.1 Å². The third-order valence-electron chi connectivity index (χ3n) is 3.99. The fourth-order valence-electron chi connectivity index (χ4n) is 2.89. The molecule has 2 rings (SSSR count). The number of nitrogens with zero attached hydrogens (tertiary/aromatic N) is 1. The number of rotatable bonds is 5. The molecule has 0 radical (unpaired) electrons. The van der Waals surface area contributed by atoms with E-state index in [2.05, 4.69) is 56.1 Å². The Balaban J connectivity index is 1.80. The maximum atomic E-state index is 5.90. The second kappa shape index (κ2) is 7.09. The fourth-order valence-corrected chi connectivity index (χ4v) is 2.89. The van der Waals surface area contributed by atoms with Crippen LogP contribution >= 0.6 is 0 Å². The van der Waals surface area contributed by atoms with Crippen molar-refractivity contribution < 1.29 is 4.74 Å². The van der Waals surface area contributed by atoms with Crippen LogP contribution in [0.3, 0.4) is 0 Å². The molecule has 0 spiro atoms. The van der Waals surface area contributed by atoms with E-state index in [4.69, 9.17) is 4.74 Å². The topological polar surface area (TPSA) is 24.5 Å². The summed E-state index contributed by atoms with van der Waals surface area (Å²) >= 11 is 0. The zero-order valence-electron chi connectivity index (χ0n) is 13.3. The Morgan fingerprint density at radius 2 is 2.20 bits per heavy atom. The van der Waals surface area contributed by atoms with Gasteiger partial charge in [-0.3, -0.25) is 4.90 Å². The first kappa shape index (κ1) is 15.3. The second-order valence-electron chi connectivity index (χ2n) is 6.18. The maximum absolute atomic E-state index is 5.90. The van der Waals surface area contributed by atoms with Crippen molar-refractivity contribution in [2.75, 3.05) is 32.8 Å². The van der Waals surface area contributed by atoms with E-state index in [1.807, 2.05) is 0 Å². The van der Waals surface area contributed by atoms with Gasteiger partial charge in [0.2, 0.25) is 0 Å². The predicted octanol–water partition coefficient (Wildman–Crippen LogP) is 2.79. The summed E-state index contributed by atoms with van der Waals surface area (Å²) in [5.74, 6) is 1.57. The van der Waals surface area contributed by atoms with Crippen LogP contribution in [0.1, 0.15) is 37.8 Å². The lowest BCUT2D eigenvalue weighted by molar-refractivity contribution is 0.170. The molecule has 1 atom stereocenters. The molecular formula is C17H28N2O. The molecule has 0 aromatic heterocycles. The van der Waals surface area contributed by atoms with Crippen molar-refractivity contribution in [3.63, 3.8) is 0 Å². The zero-order valence-corrected chi connectivity index (χ0v) is 13.3. The average molecular weight is 276 g/mol. The first-order chi connectivity index (χ1) is 9.56. The molecule has 3 heteroatoms. The Morgan fingerprint density at radius 3 is 2.85 bits per heavy atom. The third kappa shape index (κ3) is 4.22. The van der Waals surface area contributed by atoms with Gasteiger partial charge in [-0.15, -0.1) is 0 Å². The van der Waals surface area contributed by atoms with Crippen LogP contribution in [0.25, 0.3) is 0 Å². The number of ether oxygens (including phenoxy) is 1. The van der Waals surface area contributed by atoms with Gasteiger partial charge in [0.15, 0.2) is 0 Å². The van der Waals surface area contributed by atoms with Crippen molar-refractivity contribution in [2.45, 2.75) is 39.7 Å². The van der Waals surface area contributed by atoms with Gasteiger partial charge in [0, 0.05) is 32.2 Å². The first-order valence-electron chi connectivity index (χ1n) is 7.75. The molecule has 112 valence electrons. The SMILES string of the molecule is Cc1cc(OCCN2CCN[C@H](C)C2)ccc1C(C)C. The molecular weight excluding hydrogens is 248 g/mol. The number of piperazine rings is 1. The maximum Gasteiger partial charge on any atom is 0.119 e. The summed E-state index contributed by atoms with van der Waals surface area (Å²) in [5, 5.41) is 3.46. The number of hydrogen-bond acceptors (Lipinski definition) is 3. The Hall–Kier alpha value is -1.06. The Labute approximate surface area is 123 Å². The summed E-state index contributed by atoms with van der Waals surface area (Å²) in [6.07, 6.45) is 0. The molecule has 1 saturated heterocycles. The van der Waals surface area contributed by atoms with Gasteiger partial charge in [-0.2, -0.15) is 0 Å². The van der Waals surface area contributed by atoms with Crippen molar-refractivity contribution in [1.29, 1.82) is 0 Å². The highest BCUT2D eigenvalue weighted by Gasteiger charge is 2.14. The van der Waals surface area contributed by atoms with Gasteiger partial charge >= 0.3 is 0 Å². The predicted molar refractivity (Wildman–Crippen MR) is 84.7 cm³/mol. The Morgan fingerprint density at radius 1 is 1.40 bits per heavy atom. The van der Waals surface area contributed by atoms with Crippen molar-refractivity contribution in [3.8, 4) is 5.75 Å². The van der Waals surface area contributed by atoms with E-state index in [0.717, 1.165) is 38.5 Å². The van der Waals surface area contributed by atoms with Crippen LogP contribution in [0.5, 0.6) is 5.75 Å². The normalized spacial score (nSPS) is 20.4. The third-order valence-corrected chi connectivity index (χ3v) is 3.99. The van der Waals surface area contributed by atoms with Crippen LogP contribution in [0.4, 0.5) is 0 Å². The summed E-state index contributed by atoms with van der Waals surface area (Å²) in [7, 11) is 0. The van der Waals surface area contributed by atoms with E-state index in [1.54, 1.807) is 0 Å². The standard InChI is InChI=1S/C17H28N2O/c1-13(2)17-6-5-16(11-14(17)3)20-10-9-19-8-7-18-15(4)12-19/h5-6,11,13,15,18H,7-10,12H2,1-4H3/t15-/m1/s1. The second-order valence-corrected chi connectivity index (χ2v) is 6.18. The highest BCUT2D eigenvalue weighted by atomic mass is 16.5. The van der Waals surface area contributed by atoms with Gasteiger partial charge in [-0.1, -0.05) is 19.9 Å². The van der Waals surface area contributed by atoms with Gasteiger partial charge in [-0.05, 0) is 43.0 Å². The lowest BCUT2D eigenvalue weighted by Crippen LogP contribution is -2.50. The molecule has 1 heterocycles. The minimum Gasteiger partial charge on any atom is -0.492 e. The molecule has 1 aliphatic rings. The summed E-state index contributed by atoms with van der Waals surface area (Å²) in [6.45, 7) is 14.0. The molecule has 3 nitrogen and oxygen atoms in total. The van der Waals surface area contributed by atoms with Gasteiger partial charge in [-0.25, -0.2) is 0 Å². The quantitative estimate of drug-likeness (QED) is 0.895. The lowest BCUT2D eigenvalue weighted by Gasteiger charge is -2.31. The zero-order chi connectivity index (χ0) is 14.5. The van der Waals surface area contributed by atoms with Gasteiger partial charge in [0.05, 0.1) is 0 Å². The van der Waals surface area contributed by atoms with Crippen LogP contribution in [0.15, 0.2) is 18.2 Å². The minimum atomic E-state index is 0.575. The molecule has 1 aromatic rings. The van der Waals surface area contributed by atoms with E-state index in [-0.39, 0.29) is 0 Å². The lowest BCUT2D eigenvalue weighted by atomic mass is 9.98. The monoisotopic (exact) mass is 276 g/mol. The van der Waals surface area contributed by atoms with Gasteiger partial charge < -0.3 is 10.1 Å². The molecule has 0 amide bonds. The van der Waals surface area contributed by atoms with E-state index < -0.39 is 0 Å². The van der Waals surface area contributed by atoms with Gasteiger partial charge in [0.1, 0.15) is 12.4 Å². The summed E-state index contributed by atoms with van der Waals surface area (Å²) in [5.41, 5.74) is 2.74. The van der Waals surface area contributed by atoms with Crippen LogP contribution in [-0.2, 0) is 0 Å². The molecule has 1 fully saturated rings. The fraction of sp³-hybridized carbons (Fsp3) is 0.647. The largest absolute Gasteiger partial charge is 0.492 e. The highest BCUT2D eigenvalue weighted by Crippen LogP contribution is 2.23. The van der Waals surface area contributed by atoms with E-state index >= 15 is 0 Å². The van der Waals surface area contributed by atoms with E-state index in [0.29, 0.717) is 12.0 Å².